The number of benzene rings is 2. The number of methoxy groups -OCH3 is 1. The fourth-order valence-electron chi connectivity index (χ4n) is 1.99. The van der Waals surface area contributed by atoms with Crippen LogP contribution in [0.1, 0.15) is 17.2 Å². The van der Waals surface area contributed by atoms with Gasteiger partial charge in [0.25, 0.3) is 0 Å². The largest absolute Gasteiger partial charge is 0.496 e. The Labute approximate surface area is 120 Å². The predicted molar refractivity (Wildman–Crippen MR) is 73.0 cm³/mol. The summed E-state index contributed by atoms with van der Waals surface area (Å²) in [7, 11) is 1.49. The van der Waals surface area contributed by atoms with Crippen molar-refractivity contribution in [2.75, 3.05) is 7.11 Å². The van der Waals surface area contributed by atoms with E-state index in [2.05, 4.69) is 0 Å². The normalized spacial score (nSPS) is 12.2. The summed E-state index contributed by atoms with van der Waals surface area (Å²) in [6.45, 7) is 0. The highest BCUT2D eigenvalue weighted by Gasteiger charge is 2.17. The van der Waals surface area contributed by atoms with E-state index in [1.807, 2.05) is 0 Å². The highest BCUT2D eigenvalue weighted by molar-refractivity contribution is 6.30. The Balaban J connectivity index is 2.29. The van der Waals surface area contributed by atoms with E-state index < -0.39 is 17.7 Å². The lowest BCUT2D eigenvalue weighted by molar-refractivity contribution is 0.172. The van der Waals surface area contributed by atoms with E-state index in [1.165, 1.54) is 7.11 Å². The molecule has 0 bridgehead atoms. The third kappa shape index (κ3) is 3.26. The topological polar surface area (TPSA) is 29.5 Å². The Bertz CT molecular complexity index is 617. The first-order chi connectivity index (χ1) is 9.51. The van der Waals surface area contributed by atoms with Gasteiger partial charge in [0, 0.05) is 17.0 Å². The molecule has 0 spiro atoms. The maximum atomic E-state index is 13.6. The summed E-state index contributed by atoms with van der Waals surface area (Å²) in [5, 5.41) is 10.6. The van der Waals surface area contributed by atoms with Gasteiger partial charge in [-0.25, -0.2) is 8.78 Å². The molecule has 106 valence electrons. The molecule has 0 saturated carbocycles. The molecule has 0 aliphatic rings. The first kappa shape index (κ1) is 14.8. The van der Waals surface area contributed by atoms with Crippen LogP contribution in [-0.4, -0.2) is 12.2 Å². The van der Waals surface area contributed by atoms with Gasteiger partial charge >= 0.3 is 0 Å². The van der Waals surface area contributed by atoms with E-state index in [-0.39, 0.29) is 12.0 Å². The second-order valence-corrected chi connectivity index (χ2v) is 4.78. The summed E-state index contributed by atoms with van der Waals surface area (Å²) in [6.07, 6.45) is -1.11. The second-order valence-electron chi connectivity index (χ2n) is 4.34. The molecule has 2 rings (SSSR count). The van der Waals surface area contributed by atoms with Gasteiger partial charge in [0.05, 0.1) is 13.2 Å². The summed E-state index contributed by atoms with van der Waals surface area (Å²) in [5.74, 6) is -0.719. The molecular weight excluding hydrogens is 286 g/mol. The molecule has 2 nitrogen and oxygen atoms in total. The first-order valence-electron chi connectivity index (χ1n) is 5.96. The van der Waals surface area contributed by atoms with Gasteiger partial charge in [-0.15, -0.1) is 0 Å². The third-order valence-electron chi connectivity index (χ3n) is 2.97. The molecule has 0 fully saturated rings. The van der Waals surface area contributed by atoms with Crippen molar-refractivity contribution in [1.82, 2.24) is 0 Å². The molecule has 5 heteroatoms. The lowest BCUT2D eigenvalue weighted by atomic mass is 10.00. The summed E-state index contributed by atoms with van der Waals surface area (Å²) >= 11 is 5.89. The minimum Gasteiger partial charge on any atom is -0.496 e. The van der Waals surface area contributed by atoms with Gasteiger partial charge < -0.3 is 9.84 Å². The Hall–Kier alpha value is -1.65. The van der Waals surface area contributed by atoms with Crippen LogP contribution in [0.25, 0.3) is 0 Å². The van der Waals surface area contributed by atoms with Gasteiger partial charge in [0.15, 0.2) is 0 Å². The highest BCUT2D eigenvalue weighted by atomic mass is 35.5. The van der Waals surface area contributed by atoms with Crippen LogP contribution in [0.3, 0.4) is 0 Å². The number of ether oxygens (including phenoxy) is 1. The molecule has 1 N–H and O–H groups in total. The Morgan fingerprint density at radius 3 is 2.65 bits per heavy atom. The number of hydrogen-bond donors (Lipinski definition) is 1. The van der Waals surface area contributed by atoms with Crippen LogP contribution in [0.2, 0.25) is 5.02 Å². The Kier molecular flexibility index (Phi) is 4.57. The zero-order valence-electron chi connectivity index (χ0n) is 10.7. The van der Waals surface area contributed by atoms with E-state index in [1.54, 1.807) is 18.2 Å². The molecule has 0 amide bonds. The average Bonchev–Trinajstić information content (AvgIpc) is 2.41. The van der Waals surface area contributed by atoms with E-state index in [0.717, 1.165) is 18.2 Å². The van der Waals surface area contributed by atoms with Crippen LogP contribution < -0.4 is 4.74 Å². The van der Waals surface area contributed by atoms with Crippen molar-refractivity contribution in [3.8, 4) is 5.75 Å². The monoisotopic (exact) mass is 298 g/mol. The van der Waals surface area contributed by atoms with Crippen LogP contribution in [-0.2, 0) is 6.42 Å². The van der Waals surface area contributed by atoms with Crippen LogP contribution in [0.15, 0.2) is 36.4 Å². The second kappa shape index (κ2) is 6.20. The average molecular weight is 299 g/mol. The maximum Gasteiger partial charge on any atom is 0.129 e. The molecule has 20 heavy (non-hydrogen) atoms. The van der Waals surface area contributed by atoms with Crippen LogP contribution >= 0.6 is 11.6 Å². The molecule has 2 aromatic carbocycles. The van der Waals surface area contributed by atoms with Crippen molar-refractivity contribution in [1.29, 1.82) is 0 Å². The fourth-order valence-corrected chi connectivity index (χ4v) is 2.19. The zero-order chi connectivity index (χ0) is 14.7. The highest BCUT2D eigenvalue weighted by Crippen LogP contribution is 2.29. The van der Waals surface area contributed by atoms with Crippen LogP contribution in [0, 0.1) is 11.6 Å². The number of halogens is 3. The molecule has 2 aromatic rings. The van der Waals surface area contributed by atoms with E-state index in [0.29, 0.717) is 16.3 Å². The molecular formula is C15H13ClF2O2. The fraction of sp³-hybridized carbons (Fsp3) is 0.200. The smallest absolute Gasteiger partial charge is 0.129 e. The lowest BCUT2D eigenvalue weighted by Crippen LogP contribution is -2.06. The molecule has 0 aliphatic heterocycles. The Morgan fingerprint density at radius 1 is 1.20 bits per heavy atom. The minimum absolute atomic E-state index is 0.0735. The summed E-state index contributed by atoms with van der Waals surface area (Å²) in [4.78, 5) is 0. The summed E-state index contributed by atoms with van der Waals surface area (Å²) < 4.78 is 31.9. The van der Waals surface area contributed by atoms with Crippen LogP contribution in [0.4, 0.5) is 8.78 Å². The van der Waals surface area contributed by atoms with Gasteiger partial charge in [0.2, 0.25) is 0 Å². The van der Waals surface area contributed by atoms with Gasteiger partial charge in [-0.05, 0) is 42.0 Å². The molecule has 0 aliphatic carbocycles. The molecule has 1 atom stereocenters. The number of aliphatic hydroxyl groups is 1. The van der Waals surface area contributed by atoms with Gasteiger partial charge in [-0.1, -0.05) is 11.6 Å². The standard InChI is InChI=1S/C15H13ClF2O2/c1-20-15-5-2-10(16)6-9(15)7-14(19)12-8-11(17)3-4-13(12)18/h2-6,8,14,19H,7H2,1H3. The minimum atomic E-state index is -1.18. The Morgan fingerprint density at radius 2 is 1.95 bits per heavy atom. The van der Waals surface area contributed by atoms with Crippen molar-refractivity contribution in [2.45, 2.75) is 12.5 Å². The number of rotatable bonds is 4. The van der Waals surface area contributed by atoms with Crippen LogP contribution in [0.5, 0.6) is 5.75 Å². The summed E-state index contributed by atoms with van der Waals surface area (Å²) in [5.41, 5.74) is 0.531. The predicted octanol–water partition coefficient (Wildman–Crippen LogP) is 3.90. The van der Waals surface area contributed by atoms with Crippen molar-refractivity contribution in [3.63, 3.8) is 0 Å². The van der Waals surface area contributed by atoms with Crippen molar-refractivity contribution < 1.29 is 18.6 Å². The molecule has 0 aromatic heterocycles. The molecule has 0 radical (unpaired) electrons. The van der Waals surface area contributed by atoms with Crippen molar-refractivity contribution in [3.05, 3.63) is 64.2 Å². The quantitative estimate of drug-likeness (QED) is 0.927. The third-order valence-corrected chi connectivity index (χ3v) is 3.21. The van der Waals surface area contributed by atoms with E-state index >= 15 is 0 Å². The lowest BCUT2D eigenvalue weighted by Gasteiger charge is -2.15. The molecule has 0 heterocycles. The van der Waals surface area contributed by atoms with E-state index in [9.17, 15) is 13.9 Å². The zero-order valence-corrected chi connectivity index (χ0v) is 11.5. The van der Waals surface area contributed by atoms with Gasteiger partial charge in [-0.2, -0.15) is 0 Å². The SMILES string of the molecule is COc1ccc(Cl)cc1CC(O)c1cc(F)ccc1F. The van der Waals surface area contributed by atoms with Crippen molar-refractivity contribution >= 4 is 11.6 Å². The number of hydrogen-bond acceptors (Lipinski definition) is 2. The van der Waals surface area contributed by atoms with Gasteiger partial charge in [0.1, 0.15) is 17.4 Å². The summed E-state index contributed by atoms with van der Waals surface area (Å²) in [6, 6.07) is 7.91. The molecule has 0 saturated heterocycles. The van der Waals surface area contributed by atoms with Gasteiger partial charge in [-0.3, -0.25) is 0 Å². The van der Waals surface area contributed by atoms with E-state index in [4.69, 9.17) is 16.3 Å². The first-order valence-corrected chi connectivity index (χ1v) is 6.34. The van der Waals surface area contributed by atoms with Crippen molar-refractivity contribution in [2.24, 2.45) is 0 Å². The maximum absolute atomic E-state index is 13.6. The number of aliphatic hydroxyl groups excluding tert-OH is 1. The molecule has 1 unspecified atom stereocenters.